The van der Waals surface area contributed by atoms with Crippen LogP contribution < -0.4 is 0 Å². The predicted molar refractivity (Wildman–Crippen MR) is 52.3 cm³/mol. The molecule has 0 unspecified atom stereocenters. The van der Waals surface area contributed by atoms with E-state index in [4.69, 9.17) is 11.6 Å². The van der Waals surface area contributed by atoms with E-state index in [0.29, 0.717) is 17.3 Å². The van der Waals surface area contributed by atoms with Crippen LogP contribution >= 0.6 is 11.6 Å². The molecule has 0 N–H and O–H groups in total. The molecule has 80 valence electrons. The number of aromatic nitrogens is 3. The Morgan fingerprint density at radius 1 is 1.47 bits per heavy atom. The average molecular weight is 232 g/mol. The van der Waals surface area contributed by atoms with Gasteiger partial charge >= 0.3 is 0 Å². The quantitative estimate of drug-likeness (QED) is 0.796. The molecular weight excluding hydrogens is 224 g/mol. The lowest BCUT2D eigenvalue weighted by Crippen LogP contribution is -1.99. The fourth-order valence-corrected chi connectivity index (χ4v) is 1.49. The molecule has 0 aliphatic carbocycles. The van der Waals surface area contributed by atoms with Gasteiger partial charge in [-0.3, -0.25) is 0 Å². The number of rotatable bonds is 2. The van der Waals surface area contributed by atoms with Gasteiger partial charge in [-0.2, -0.15) is 5.10 Å². The van der Waals surface area contributed by atoms with Gasteiger partial charge in [0.05, 0.1) is 5.02 Å². The van der Waals surface area contributed by atoms with Crippen LogP contribution in [0.1, 0.15) is 24.9 Å². The van der Waals surface area contributed by atoms with Crippen LogP contribution in [0.2, 0.25) is 5.02 Å². The van der Waals surface area contributed by atoms with E-state index in [9.17, 15) is 8.78 Å². The smallest absolute Gasteiger partial charge is 0.210 e. The van der Waals surface area contributed by atoms with Crippen LogP contribution in [0.5, 0.6) is 0 Å². The Bertz CT molecular complexity index is 495. The first-order chi connectivity index (χ1) is 7.13. The van der Waals surface area contributed by atoms with Gasteiger partial charge in [0.1, 0.15) is 5.69 Å². The summed E-state index contributed by atoms with van der Waals surface area (Å²) in [7, 11) is 0. The Balaban J connectivity index is 2.74. The van der Waals surface area contributed by atoms with E-state index in [1.807, 2.05) is 6.92 Å². The van der Waals surface area contributed by atoms with E-state index in [0.717, 1.165) is 4.52 Å². The van der Waals surface area contributed by atoms with Gasteiger partial charge in [0.2, 0.25) is 0 Å². The van der Waals surface area contributed by atoms with E-state index in [2.05, 4.69) is 10.1 Å². The molecule has 2 heterocycles. The molecule has 0 radical (unpaired) electrons. The molecule has 2 rings (SSSR count). The first-order valence-corrected chi connectivity index (χ1v) is 4.83. The van der Waals surface area contributed by atoms with Crippen molar-refractivity contribution < 1.29 is 8.78 Å². The maximum atomic E-state index is 12.6. The van der Waals surface area contributed by atoms with Gasteiger partial charge in [-0.15, -0.1) is 0 Å². The van der Waals surface area contributed by atoms with Gasteiger partial charge in [-0.25, -0.2) is 18.3 Å². The molecule has 0 atom stereocenters. The lowest BCUT2D eigenvalue weighted by atomic mass is 10.3. The lowest BCUT2D eigenvalue weighted by molar-refractivity contribution is 0.143. The van der Waals surface area contributed by atoms with Crippen LogP contribution in [-0.2, 0) is 6.42 Å². The summed E-state index contributed by atoms with van der Waals surface area (Å²) < 4.78 is 26.3. The molecule has 0 bridgehead atoms. The highest BCUT2D eigenvalue weighted by Gasteiger charge is 2.16. The van der Waals surface area contributed by atoms with Gasteiger partial charge in [0.15, 0.2) is 11.5 Å². The van der Waals surface area contributed by atoms with Crippen LogP contribution in [0.25, 0.3) is 5.65 Å². The Morgan fingerprint density at radius 2 is 2.20 bits per heavy atom. The molecule has 0 aliphatic rings. The molecule has 0 amide bonds. The molecule has 2 aromatic heterocycles. The molecule has 0 fully saturated rings. The summed E-state index contributed by atoms with van der Waals surface area (Å²) in [5.74, 6) is 0.505. The lowest BCUT2D eigenvalue weighted by Gasteiger charge is -2.02. The number of aryl methyl sites for hydroxylation is 1. The number of alkyl halides is 2. The highest BCUT2D eigenvalue weighted by Crippen LogP contribution is 2.23. The van der Waals surface area contributed by atoms with Crippen LogP contribution in [0.4, 0.5) is 8.78 Å². The molecule has 0 saturated carbocycles. The maximum absolute atomic E-state index is 12.6. The van der Waals surface area contributed by atoms with Gasteiger partial charge in [0, 0.05) is 6.42 Å². The molecule has 0 saturated heterocycles. The highest BCUT2D eigenvalue weighted by atomic mass is 35.5. The van der Waals surface area contributed by atoms with E-state index >= 15 is 0 Å². The van der Waals surface area contributed by atoms with Crippen molar-refractivity contribution >= 4 is 17.2 Å². The van der Waals surface area contributed by atoms with Gasteiger partial charge in [-0.05, 0) is 12.1 Å². The zero-order valence-electron chi connectivity index (χ0n) is 7.91. The Labute approximate surface area is 89.7 Å². The number of pyridine rings is 1. The minimum atomic E-state index is -2.59. The van der Waals surface area contributed by atoms with Crippen molar-refractivity contribution in [1.82, 2.24) is 14.6 Å². The van der Waals surface area contributed by atoms with Crippen molar-refractivity contribution in [2.24, 2.45) is 0 Å². The van der Waals surface area contributed by atoms with Crippen molar-refractivity contribution in [3.05, 3.63) is 28.7 Å². The molecule has 15 heavy (non-hydrogen) atoms. The SMILES string of the molecule is CCc1nc2c(Cl)ccc(C(F)F)n2n1. The van der Waals surface area contributed by atoms with E-state index in [-0.39, 0.29) is 11.3 Å². The number of fused-ring (bicyclic) bond motifs is 1. The summed E-state index contributed by atoms with van der Waals surface area (Å²) in [4.78, 5) is 4.06. The van der Waals surface area contributed by atoms with Gasteiger partial charge < -0.3 is 0 Å². The van der Waals surface area contributed by atoms with Gasteiger partial charge in [-0.1, -0.05) is 18.5 Å². The number of halogens is 3. The third-order valence-electron chi connectivity index (χ3n) is 2.05. The summed E-state index contributed by atoms with van der Waals surface area (Å²) in [5, 5.41) is 4.28. The number of nitrogens with zero attached hydrogens (tertiary/aromatic N) is 3. The molecule has 0 aromatic carbocycles. The normalized spacial score (nSPS) is 11.5. The largest absolute Gasteiger partial charge is 0.280 e. The first kappa shape index (κ1) is 10.3. The van der Waals surface area contributed by atoms with E-state index in [1.165, 1.54) is 12.1 Å². The Morgan fingerprint density at radius 3 is 2.80 bits per heavy atom. The summed E-state index contributed by atoms with van der Waals surface area (Å²) in [5.41, 5.74) is 0.0907. The van der Waals surface area contributed by atoms with Crippen LogP contribution in [-0.4, -0.2) is 14.6 Å². The third-order valence-corrected chi connectivity index (χ3v) is 2.34. The van der Waals surface area contributed by atoms with E-state index < -0.39 is 6.43 Å². The average Bonchev–Trinajstić information content (AvgIpc) is 2.62. The second kappa shape index (κ2) is 3.73. The summed E-state index contributed by atoms with van der Waals surface area (Å²) in [6.07, 6.45) is -2.00. The van der Waals surface area contributed by atoms with Crippen LogP contribution in [0, 0.1) is 0 Å². The van der Waals surface area contributed by atoms with Crippen LogP contribution in [0.15, 0.2) is 12.1 Å². The van der Waals surface area contributed by atoms with Gasteiger partial charge in [0.25, 0.3) is 6.43 Å². The second-order valence-electron chi connectivity index (χ2n) is 3.02. The molecule has 0 aliphatic heterocycles. The van der Waals surface area contributed by atoms with Crippen molar-refractivity contribution in [3.8, 4) is 0 Å². The predicted octanol–water partition coefficient (Wildman–Crippen LogP) is 2.88. The number of hydrogen-bond donors (Lipinski definition) is 0. The monoisotopic (exact) mass is 231 g/mol. The zero-order valence-corrected chi connectivity index (χ0v) is 8.67. The summed E-state index contributed by atoms with van der Waals surface area (Å²) in [6.45, 7) is 1.85. The summed E-state index contributed by atoms with van der Waals surface area (Å²) >= 11 is 5.84. The zero-order chi connectivity index (χ0) is 11.0. The fourth-order valence-electron chi connectivity index (χ4n) is 1.31. The molecule has 0 spiro atoms. The maximum Gasteiger partial charge on any atom is 0.280 e. The topological polar surface area (TPSA) is 30.2 Å². The molecule has 3 nitrogen and oxygen atoms in total. The van der Waals surface area contributed by atoms with Crippen molar-refractivity contribution in [2.75, 3.05) is 0 Å². The Kier molecular flexibility index (Phi) is 2.56. The highest BCUT2D eigenvalue weighted by molar-refractivity contribution is 6.33. The summed E-state index contributed by atoms with van der Waals surface area (Å²) in [6, 6.07) is 2.67. The van der Waals surface area contributed by atoms with Crippen molar-refractivity contribution in [1.29, 1.82) is 0 Å². The van der Waals surface area contributed by atoms with E-state index in [1.54, 1.807) is 0 Å². The minimum Gasteiger partial charge on any atom is -0.210 e. The molecule has 6 heteroatoms. The second-order valence-corrected chi connectivity index (χ2v) is 3.43. The standard InChI is InChI=1S/C9H8ClF2N3/c1-2-7-13-9-5(10)3-4-6(8(11)12)15(9)14-7/h3-4,8H,2H2,1H3. The minimum absolute atomic E-state index is 0.193. The fraction of sp³-hybridized carbons (Fsp3) is 0.333. The van der Waals surface area contributed by atoms with Crippen molar-refractivity contribution in [3.63, 3.8) is 0 Å². The number of hydrogen-bond acceptors (Lipinski definition) is 2. The third kappa shape index (κ3) is 1.67. The van der Waals surface area contributed by atoms with Crippen LogP contribution in [0.3, 0.4) is 0 Å². The molecular formula is C9H8ClF2N3. The molecule has 2 aromatic rings. The first-order valence-electron chi connectivity index (χ1n) is 4.45. The van der Waals surface area contributed by atoms with Crippen molar-refractivity contribution in [2.45, 2.75) is 19.8 Å². The Hall–Kier alpha value is -1.23.